The zero-order valence-electron chi connectivity index (χ0n) is 28.5. The Balaban J connectivity index is -0.000000727. The summed E-state index contributed by atoms with van der Waals surface area (Å²) in [5, 5.41) is 21.2. The summed E-state index contributed by atoms with van der Waals surface area (Å²) in [4.78, 5) is 20.5. The van der Waals surface area contributed by atoms with E-state index in [1.54, 1.807) is 0 Å². The van der Waals surface area contributed by atoms with Gasteiger partial charge in [-0.25, -0.2) is 0 Å². The van der Waals surface area contributed by atoms with Gasteiger partial charge in [0, 0.05) is 22.7 Å². The molecule has 0 N–H and O–H groups in total. The van der Waals surface area contributed by atoms with Crippen molar-refractivity contribution < 1.29 is 19.8 Å². The SMILES string of the molecule is CCCCCCCCC(Cl)CCCCCCCCC(=O)[O-].CCCCCCCCC(Cl)CCCCCCCCC(=O)[O-].[Ba+2]. The quantitative estimate of drug-likeness (QED) is 0.0388. The minimum absolute atomic E-state index is 0. The molecule has 0 aliphatic carbocycles. The van der Waals surface area contributed by atoms with Crippen molar-refractivity contribution in [2.24, 2.45) is 0 Å². The summed E-state index contributed by atoms with van der Waals surface area (Å²) < 4.78 is 0. The van der Waals surface area contributed by atoms with Crippen LogP contribution in [0.15, 0.2) is 0 Å². The maximum atomic E-state index is 10.2. The van der Waals surface area contributed by atoms with Gasteiger partial charge in [-0.2, -0.15) is 0 Å². The first-order valence-electron chi connectivity index (χ1n) is 18.0. The largest absolute Gasteiger partial charge is 2.00 e. The van der Waals surface area contributed by atoms with E-state index in [0.29, 0.717) is 10.8 Å². The molecule has 0 spiro atoms. The molecule has 43 heavy (non-hydrogen) atoms. The summed E-state index contributed by atoms with van der Waals surface area (Å²) in [6.45, 7) is 4.50. The van der Waals surface area contributed by atoms with Crippen molar-refractivity contribution >= 4 is 84.0 Å². The second-order valence-electron chi connectivity index (χ2n) is 12.4. The molecule has 7 heteroatoms. The van der Waals surface area contributed by atoms with E-state index in [0.717, 1.165) is 51.4 Å². The Morgan fingerprint density at radius 2 is 0.628 bits per heavy atom. The van der Waals surface area contributed by atoms with Crippen molar-refractivity contribution in [3.05, 3.63) is 0 Å². The molecule has 252 valence electrons. The zero-order chi connectivity index (χ0) is 31.5. The normalized spacial score (nSPS) is 12.2. The van der Waals surface area contributed by atoms with Crippen LogP contribution in [0.2, 0.25) is 0 Å². The van der Waals surface area contributed by atoms with Crippen molar-refractivity contribution in [3.8, 4) is 0 Å². The Morgan fingerprint density at radius 1 is 0.419 bits per heavy atom. The number of halogens is 2. The summed E-state index contributed by atoms with van der Waals surface area (Å²) in [5.41, 5.74) is 0. The third kappa shape index (κ3) is 47.6. The molecule has 4 nitrogen and oxygen atoms in total. The molecular weight excluding hydrogens is 705 g/mol. The zero-order valence-corrected chi connectivity index (χ0v) is 34.4. The number of carbonyl (C=O) groups excluding carboxylic acids is 2. The van der Waals surface area contributed by atoms with Crippen molar-refractivity contribution in [1.29, 1.82) is 0 Å². The van der Waals surface area contributed by atoms with E-state index in [4.69, 9.17) is 23.2 Å². The third-order valence-electron chi connectivity index (χ3n) is 8.04. The van der Waals surface area contributed by atoms with Crippen LogP contribution in [0.25, 0.3) is 0 Å². The molecule has 0 aromatic carbocycles. The number of alkyl halides is 2. The van der Waals surface area contributed by atoms with E-state index in [9.17, 15) is 19.8 Å². The van der Waals surface area contributed by atoms with Crippen LogP contribution in [0, 0.1) is 0 Å². The fourth-order valence-electron chi connectivity index (χ4n) is 5.27. The minimum Gasteiger partial charge on any atom is -0.550 e. The smallest absolute Gasteiger partial charge is 0.550 e. The van der Waals surface area contributed by atoms with Crippen molar-refractivity contribution in [3.63, 3.8) is 0 Å². The summed E-state index contributed by atoms with van der Waals surface area (Å²) in [6, 6.07) is 0. The Bertz CT molecular complexity index is 517. The molecule has 0 aromatic heterocycles. The number of unbranched alkanes of at least 4 members (excludes halogenated alkanes) is 20. The van der Waals surface area contributed by atoms with Gasteiger partial charge in [-0.15, -0.1) is 23.2 Å². The molecule has 2 unspecified atom stereocenters. The number of hydrogen-bond acceptors (Lipinski definition) is 4. The summed E-state index contributed by atoms with van der Waals surface area (Å²) >= 11 is 12.7. The maximum Gasteiger partial charge on any atom is 2.00 e. The van der Waals surface area contributed by atoms with Crippen LogP contribution in [-0.2, 0) is 9.59 Å². The first-order chi connectivity index (χ1) is 20.3. The van der Waals surface area contributed by atoms with Gasteiger partial charge in [-0.3, -0.25) is 0 Å². The molecule has 0 heterocycles. The monoisotopic (exact) mass is 772 g/mol. The van der Waals surface area contributed by atoms with Crippen molar-refractivity contribution in [2.45, 2.75) is 217 Å². The number of carbonyl (C=O) groups is 2. The molecule has 0 radical (unpaired) electrons. The molecule has 0 bridgehead atoms. The average Bonchev–Trinajstić information content (AvgIpc) is 2.95. The van der Waals surface area contributed by atoms with Gasteiger partial charge in [0.05, 0.1) is 0 Å². The number of aliphatic carboxylic acids is 2. The van der Waals surface area contributed by atoms with Crippen LogP contribution in [0.1, 0.15) is 206 Å². The second-order valence-corrected chi connectivity index (χ2v) is 13.6. The third-order valence-corrected chi connectivity index (χ3v) is 8.91. The van der Waals surface area contributed by atoms with Gasteiger partial charge < -0.3 is 19.8 Å². The van der Waals surface area contributed by atoms with Crippen LogP contribution in [-0.4, -0.2) is 71.6 Å². The van der Waals surface area contributed by atoms with Crippen LogP contribution in [0.3, 0.4) is 0 Å². The van der Waals surface area contributed by atoms with Gasteiger partial charge in [0.2, 0.25) is 0 Å². The Labute approximate surface area is 318 Å². The summed E-state index contributed by atoms with van der Waals surface area (Å²) in [6.07, 6.45) is 34.2. The average molecular weight is 773 g/mol. The number of carboxylic acids is 2. The number of hydrogen-bond donors (Lipinski definition) is 0. The molecule has 0 aliphatic rings. The van der Waals surface area contributed by atoms with Gasteiger partial charge in [-0.1, -0.05) is 155 Å². The molecule has 0 amide bonds. The van der Waals surface area contributed by atoms with E-state index in [1.807, 2.05) is 0 Å². The van der Waals surface area contributed by atoms with Crippen LogP contribution < -0.4 is 10.2 Å². The van der Waals surface area contributed by atoms with Crippen LogP contribution in [0.4, 0.5) is 0 Å². The van der Waals surface area contributed by atoms with Crippen molar-refractivity contribution in [1.82, 2.24) is 0 Å². The van der Waals surface area contributed by atoms with Gasteiger partial charge in [0.15, 0.2) is 0 Å². The van der Waals surface area contributed by atoms with Gasteiger partial charge >= 0.3 is 48.9 Å². The molecule has 0 fully saturated rings. The molecule has 0 saturated heterocycles. The van der Waals surface area contributed by atoms with Crippen LogP contribution in [0.5, 0.6) is 0 Å². The van der Waals surface area contributed by atoms with Gasteiger partial charge in [0.1, 0.15) is 0 Å². The van der Waals surface area contributed by atoms with E-state index in [1.165, 1.54) is 128 Å². The Hall–Kier alpha value is 1.09. The van der Waals surface area contributed by atoms with E-state index in [-0.39, 0.29) is 61.7 Å². The van der Waals surface area contributed by atoms with Crippen LogP contribution >= 0.6 is 23.2 Å². The number of carboxylic acid groups (broad SMARTS) is 2. The van der Waals surface area contributed by atoms with Gasteiger partial charge in [0.25, 0.3) is 0 Å². The molecule has 0 aliphatic heterocycles. The summed E-state index contributed by atoms with van der Waals surface area (Å²) in [5.74, 6) is -1.84. The van der Waals surface area contributed by atoms with E-state index in [2.05, 4.69) is 13.8 Å². The molecule has 0 aromatic rings. The molecular formula is C36H68BaCl2O4. The van der Waals surface area contributed by atoms with Crippen molar-refractivity contribution in [2.75, 3.05) is 0 Å². The molecule has 0 rings (SSSR count). The topological polar surface area (TPSA) is 80.3 Å². The summed E-state index contributed by atoms with van der Waals surface area (Å²) in [7, 11) is 0. The molecule has 0 saturated carbocycles. The van der Waals surface area contributed by atoms with Gasteiger partial charge in [-0.05, 0) is 51.4 Å². The Morgan fingerprint density at radius 3 is 0.860 bits per heavy atom. The Kier molecular flexibility index (Phi) is 46.4. The molecule has 2 atom stereocenters. The minimum atomic E-state index is -0.922. The maximum absolute atomic E-state index is 10.2. The standard InChI is InChI=1S/2C18H35ClO2.Ba/c2*1-2-3-4-5-8-11-14-17(19)15-12-9-6-7-10-13-16-18(20)21;/h2*17H,2-16H2,1H3,(H,20,21);/q;;+2/p-2. The number of rotatable bonds is 32. The van der Waals surface area contributed by atoms with E-state index < -0.39 is 11.9 Å². The van der Waals surface area contributed by atoms with E-state index >= 15 is 0 Å². The first-order valence-corrected chi connectivity index (χ1v) is 18.9. The second kappa shape index (κ2) is 41.1. The fourth-order valence-corrected chi connectivity index (χ4v) is 5.88. The fraction of sp³-hybridized carbons (Fsp3) is 0.944. The predicted molar refractivity (Wildman–Crippen MR) is 185 cm³/mol. The first kappa shape index (κ1) is 48.5. The predicted octanol–water partition coefficient (Wildman–Crippen LogP) is 10.0.